The zero-order valence-electron chi connectivity index (χ0n) is 52.0. The number of carbonyl (C=O) groups is 1. The minimum Gasteiger partial charge on any atom is -0.394 e. The van der Waals surface area contributed by atoms with Crippen molar-refractivity contribution < 1.29 is 25.2 Å². The second-order valence-corrected chi connectivity index (χ2v) is 24.2. The third kappa shape index (κ3) is 59.0. The maximum Gasteiger partial charge on any atom is 0.249 e. The van der Waals surface area contributed by atoms with E-state index in [0.717, 1.165) is 44.9 Å². The molecule has 4 unspecified atom stereocenters. The molecular weight excluding hydrogens is 947 g/mol. The summed E-state index contributed by atoms with van der Waals surface area (Å²) in [5.74, 6) is -0.588. The number of nitrogens with one attached hydrogen (secondary N) is 1. The topological polar surface area (TPSA) is 110 Å². The number of aliphatic hydroxyl groups excluding tert-OH is 4. The fourth-order valence-electron chi connectivity index (χ4n) is 11.1. The maximum absolute atomic E-state index is 12.7. The molecule has 5 N–H and O–H groups in total. The lowest BCUT2D eigenvalue weighted by molar-refractivity contribution is -0.132. The standard InChI is InChI=1S/C71H137NO5/c1-3-5-7-9-11-13-15-17-19-21-23-25-27-29-30-31-32-33-34-35-36-37-38-39-41-43-45-47-49-51-53-55-57-59-61-63-65-69(75)71(77)72-67(66-73)70(76)68(74)64-62-60-58-56-54-52-50-48-46-44-42-40-28-26-24-22-20-18-16-14-12-10-8-6-4-2/h30-31,33-34,56,58,67-70,73-76H,3-29,32,35-55,57,59-66H2,1-2H3,(H,72,77)/b31-30-,34-33-,58-56+. The van der Waals surface area contributed by atoms with Crippen molar-refractivity contribution in [3.05, 3.63) is 36.5 Å². The summed E-state index contributed by atoms with van der Waals surface area (Å²) in [4.78, 5) is 12.7. The molecule has 0 saturated carbocycles. The monoisotopic (exact) mass is 1080 g/mol. The molecule has 0 aromatic carbocycles. The lowest BCUT2D eigenvalue weighted by atomic mass is 10.00. The first-order valence-electron chi connectivity index (χ1n) is 34.9. The van der Waals surface area contributed by atoms with E-state index in [1.165, 1.54) is 308 Å². The second-order valence-electron chi connectivity index (χ2n) is 24.2. The lowest BCUT2D eigenvalue weighted by Gasteiger charge is -2.27. The molecule has 0 aromatic heterocycles. The number of carbonyl (C=O) groups excluding carboxylic acids is 1. The quantitative estimate of drug-likeness (QED) is 0.0308. The van der Waals surface area contributed by atoms with Gasteiger partial charge in [-0.05, 0) is 70.6 Å². The summed E-state index contributed by atoms with van der Waals surface area (Å²) in [6.07, 6.45) is 84.2. The van der Waals surface area contributed by atoms with Crippen LogP contribution in [0, 0.1) is 0 Å². The molecule has 6 heteroatoms. The van der Waals surface area contributed by atoms with Gasteiger partial charge in [0.2, 0.25) is 5.91 Å². The van der Waals surface area contributed by atoms with Gasteiger partial charge in [-0.2, -0.15) is 0 Å². The maximum atomic E-state index is 12.7. The predicted octanol–water partition coefficient (Wildman–Crippen LogP) is 21.5. The van der Waals surface area contributed by atoms with Crippen LogP contribution in [0.4, 0.5) is 0 Å². The van der Waals surface area contributed by atoms with Gasteiger partial charge in [0.25, 0.3) is 0 Å². The van der Waals surface area contributed by atoms with Crippen LogP contribution >= 0.6 is 0 Å². The fraction of sp³-hybridized carbons (Fsp3) is 0.901. The number of aliphatic hydroxyl groups is 4. The Balaban J connectivity index is 3.57. The molecule has 0 aliphatic carbocycles. The minimum atomic E-state index is -1.28. The molecule has 456 valence electrons. The van der Waals surface area contributed by atoms with E-state index in [0.29, 0.717) is 12.8 Å². The Kier molecular flexibility index (Phi) is 64.1. The van der Waals surface area contributed by atoms with Gasteiger partial charge in [-0.1, -0.05) is 346 Å². The Morgan fingerprint density at radius 3 is 0.857 bits per heavy atom. The van der Waals surface area contributed by atoms with E-state index in [-0.39, 0.29) is 0 Å². The first kappa shape index (κ1) is 75.5. The van der Waals surface area contributed by atoms with Crippen molar-refractivity contribution in [3.63, 3.8) is 0 Å². The highest BCUT2D eigenvalue weighted by molar-refractivity contribution is 5.80. The van der Waals surface area contributed by atoms with Crippen LogP contribution in [0.1, 0.15) is 380 Å². The van der Waals surface area contributed by atoms with Crippen molar-refractivity contribution >= 4 is 5.91 Å². The molecule has 0 fully saturated rings. The summed E-state index contributed by atoms with van der Waals surface area (Å²) in [6.45, 7) is 4.10. The summed E-state index contributed by atoms with van der Waals surface area (Å²) < 4.78 is 0. The Morgan fingerprint density at radius 2 is 0.571 bits per heavy atom. The van der Waals surface area contributed by atoms with Gasteiger partial charge in [0, 0.05) is 0 Å². The molecule has 0 heterocycles. The number of allylic oxidation sites excluding steroid dienone is 6. The molecule has 0 aliphatic heterocycles. The van der Waals surface area contributed by atoms with Crippen LogP contribution in [0.15, 0.2) is 36.5 Å². The van der Waals surface area contributed by atoms with Crippen molar-refractivity contribution in [2.24, 2.45) is 0 Å². The largest absolute Gasteiger partial charge is 0.394 e. The normalized spacial score (nSPS) is 13.7. The van der Waals surface area contributed by atoms with Gasteiger partial charge in [0.1, 0.15) is 12.2 Å². The van der Waals surface area contributed by atoms with Crippen molar-refractivity contribution in [1.82, 2.24) is 5.32 Å². The number of hydrogen-bond donors (Lipinski definition) is 5. The SMILES string of the molecule is CCCCCCCCCCCCCCC/C=C\C/C=C\CCCCCCCCCCCCCCCCCCC(O)C(=O)NC(CO)C(O)C(O)CCC/C=C/CCCCCCCCCCCCCCCCCCCCCC. The van der Waals surface area contributed by atoms with Gasteiger partial charge in [-0.15, -0.1) is 0 Å². The third-order valence-electron chi connectivity index (χ3n) is 16.6. The zero-order valence-corrected chi connectivity index (χ0v) is 52.0. The van der Waals surface area contributed by atoms with E-state index in [1.54, 1.807) is 0 Å². The van der Waals surface area contributed by atoms with E-state index in [1.807, 2.05) is 0 Å². The van der Waals surface area contributed by atoms with Gasteiger partial charge in [-0.25, -0.2) is 0 Å². The summed E-state index contributed by atoms with van der Waals surface area (Å²) >= 11 is 0. The summed E-state index contributed by atoms with van der Waals surface area (Å²) in [5, 5.41) is 44.2. The Bertz CT molecular complexity index is 1220. The van der Waals surface area contributed by atoms with Crippen LogP contribution in [-0.2, 0) is 4.79 Å². The smallest absolute Gasteiger partial charge is 0.249 e. The van der Waals surface area contributed by atoms with Gasteiger partial charge in [-0.3, -0.25) is 4.79 Å². The molecule has 6 nitrogen and oxygen atoms in total. The molecule has 4 atom stereocenters. The van der Waals surface area contributed by atoms with Crippen LogP contribution < -0.4 is 5.32 Å². The molecule has 0 aromatic rings. The van der Waals surface area contributed by atoms with Crippen LogP contribution in [0.3, 0.4) is 0 Å². The minimum absolute atomic E-state index is 0.365. The van der Waals surface area contributed by atoms with Crippen LogP contribution in [0.25, 0.3) is 0 Å². The first-order chi connectivity index (χ1) is 38.0. The molecule has 0 aliphatic rings. The van der Waals surface area contributed by atoms with Gasteiger partial charge in [0.15, 0.2) is 0 Å². The van der Waals surface area contributed by atoms with Crippen molar-refractivity contribution in [3.8, 4) is 0 Å². The summed E-state index contributed by atoms with van der Waals surface area (Å²) in [5.41, 5.74) is 0. The molecule has 0 saturated heterocycles. The molecular formula is C71H137NO5. The molecule has 0 radical (unpaired) electrons. The van der Waals surface area contributed by atoms with Gasteiger partial charge in [0.05, 0.1) is 18.8 Å². The third-order valence-corrected chi connectivity index (χ3v) is 16.6. The Labute approximate surface area is 481 Å². The van der Waals surface area contributed by atoms with Crippen LogP contribution in [0.2, 0.25) is 0 Å². The summed E-state index contributed by atoms with van der Waals surface area (Å²) in [7, 11) is 0. The van der Waals surface area contributed by atoms with E-state index < -0.39 is 36.9 Å². The lowest BCUT2D eigenvalue weighted by Crippen LogP contribution is -2.53. The van der Waals surface area contributed by atoms with E-state index >= 15 is 0 Å². The second kappa shape index (κ2) is 65.3. The molecule has 0 bridgehead atoms. The molecule has 0 spiro atoms. The van der Waals surface area contributed by atoms with Gasteiger partial charge >= 0.3 is 0 Å². The van der Waals surface area contributed by atoms with Gasteiger partial charge < -0.3 is 25.7 Å². The van der Waals surface area contributed by atoms with E-state index in [4.69, 9.17) is 0 Å². The Hall–Kier alpha value is -1.47. The number of unbranched alkanes of at least 4 members (excludes halogenated alkanes) is 50. The van der Waals surface area contributed by atoms with Crippen molar-refractivity contribution in [2.75, 3.05) is 6.61 Å². The van der Waals surface area contributed by atoms with E-state index in [2.05, 4.69) is 55.6 Å². The number of rotatable bonds is 65. The zero-order chi connectivity index (χ0) is 55.8. The Morgan fingerprint density at radius 1 is 0.325 bits per heavy atom. The molecule has 0 rings (SSSR count). The average molecular weight is 1080 g/mol. The highest BCUT2D eigenvalue weighted by Crippen LogP contribution is 2.19. The summed E-state index contributed by atoms with van der Waals surface area (Å²) in [6, 6.07) is -1.00. The van der Waals surface area contributed by atoms with E-state index in [9.17, 15) is 25.2 Å². The predicted molar refractivity (Wildman–Crippen MR) is 339 cm³/mol. The fourth-order valence-corrected chi connectivity index (χ4v) is 11.1. The first-order valence-corrected chi connectivity index (χ1v) is 34.9. The van der Waals surface area contributed by atoms with Crippen molar-refractivity contribution in [1.29, 1.82) is 0 Å². The number of hydrogen-bond acceptors (Lipinski definition) is 5. The van der Waals surface area contributed by atoms with Crippen molar-refractivity contribution in [2.45, 2.75) is 404 Å². The molecule has 77 heavy (non-hydrogen) atoms. The highest BCUT2D eigenvalue weighted by Gasteiger charge is 2.28. The highest BCUT2D eigenvalue weighted by atomic mass is 16.3. The number of amides is 1. The van der Waals surface area contributed by atoms with Crippen LogP contribution in [-0.4, -0.2) is 57.3 Å². The average Bonchev–Trinajstić information content (AvgIpc) is 3.43. The van der Waals surface area contributed by atoms with Crippen LogP contribution in [0.5, 0.6) is 0 Å². The molecule has 1 amide bonds.